The number of hydrogen-bond acceptors (Lipinski definition) is 3. The van der Waals surface area contributed by atoms with Crippen LogP contribution in [0, 0.1) is 12.7 Å². The van der Waals surface area contributed by atoms with Crippen molar-refractivity contribution in [2.75, 3.05) is 0 Å². The SMILES string of the molecule is Cc1ccc2c(C=CC(=O)NN)nn(Cc3ccc(Cl)cc3F)c2c1. The topological polar surface area (TPSA) is 72.9 Å². The third-order valence-corrected chi connectivity index (χ3v) is 4.04. The van der Waals surface area contributed by atoms with Gasteiger partial charge < -0.3 is 0 Å². The van der Waals surface area contributed by atoms with Gasteiger partial charge >= 0.3 is 0 Å². The Kier molecular flexibility index (Phi) is 4.83. The van der Waals surface area contributed by atoms with Crippen LogP contribution in [0.2, 0.25) is 5.02 Å². The number of nitrogens with two attached hydrogens (primary N) is 1. The molecule has 0 aliphatic rings. The van der Waals surface area contributed by atoms with Gasteiger partial charge in [-0.05, 0) is 36.8 Å². The maximum absolute atomic E-state index is 14.1. The number of rotatable bonds is 4. The molecule has 1 amide bonds. The number of hydrazine groups is 1. The summed E-state index contributed by atoms with van der Waals surface area (Å²) in [6, 6.07) is 10.4. The number of carbonyl (C=O) groups is 1. The maximum atomic E-state index is 14.1. The van der Waals surface area contributed by atoms with Gasteiger partial charge in [0.15, 0.2) is 0 Å². The van der Waals surface area contributed by atoms with Crippen LogP contribution in [0.15, 0.2) is 42.5 Å². The number of hydrogen-bond donors (Lipinski definition) is 2. The van der Waals surface area contributed by atoms with Gasteiger partial charge in [-0.2, -0.15) is 5.10 Å². The summed E-state index contributed by atoms with van der Waals surface area (Å²) >= 11 is 5.80. The van der Waals surface area contributed by atoms with E-state index < -0.39 is 5.91 Å². The molecule has 2 aromatic carbocycles. The van der Waals surface area contributed by atoms with Crippen LogP contribution in [0.5, 0.6) is 0 Å². The van der Waals surface area contributed by atoms with E-state index in [-0.39, 0.29) is 12.4 Å². The number of carbonyl (C=O) groups excluding carboxylic acids is 1. The Morgan fingerprint density at radius 1 is 1.36 bits per heavy atom. The summed E-state index contributed by atoms with van der Waals surface area (Å²) in [5.41, 5.74) is 5.02. The largest absolute Gasteiger partial charge is 0.291 e. The lowest BCUT2D eigenvalue weighted by Crippen LogP contribution is -2.27. The first-order valence-electron chi connectivity index (χ1n) is 7.57. The number of benzene rings is 2. The van der Waals surface area contributed by atoms with E-state index in [4.69, 9.17) is 17.4 Å². The van der Waals surface area contributed by atoms with Crippen LogP contribution in [0.3, 0.4) is 0 Å². The average Bonchev–Trinajstić information content (AvgIpc) is 2.92. The van der Waals surface area contributed by atoms with Gasteiger partial charge in [-0.1, -0.05) is 29.8 Å². The van der Waals surface area contributed by atoms with Crippen molar-refractivity contribution >= 4 is 34.5 Å². The third kappa shape index (κ3) is 3.70. The molecule has 3 rings (SSSR count). The molecule has 5 nitrogen and oxygen atoms in total. The zero-order valence-electron chi connectivity index (χ0n) is 13.5. The molecule has 3 N–H and O–H groups in total. The molecular weight excluding hydrogens is 343 g/mol. The van der Waals surface area contributed by atoms with Gasteiger partial charge in [0.05, 0.1) is 17.8 Å². The zero-order valence-corrected chi connectivity index (χ0v) is 14.2. The monoisotopic (exact) mass is 358 g/mol. The minimum atomic E-state index is -0.432. The molecular formula is C18H16ClFN4O. The van der Waals surface area contributed by atoms with Crippen LogP contribution in [0.1, 0.15) is 16.8 Å². The number of nitrogens with one attached hydrogen (secondary N) is 1. The smallest absolute Gasteiger partial charge is 0.257 e. The van der Waals surface area contributed by atoms with Gasteiger partial charge in [-0.15, -0.1) is 0 Å². The summed E-state index contributed by atoms with van der Waals surface area (Å²) in [6.45, 7) is 2.22. The van der Waals surface area contributed by atoms with E-state index in [1.54, 1.807) is 22.9 Å². The Morgan fingerprint density at radius 3 is 2.88 bits per heavy atom. The van der Waals surface area contributed by atoms with Gasteiger partial charge in [0.1, 0.15) is 5.82 Å². The van der Waals surface area contributed by atoms with Crippen LogP contribution in [0.25, 0.3) is 17.0 Å². The quantitative estimate of drug-likeness (QED) is 0.325. The highest BCUT2D eigenvalue weighted by atomic mass is 35.5. The highest BCUT2D eigenvalue weighted by molar-refractivity contribution is 6.30. The molecule has 1 heterocycles. The average molecular weight is 359 g/mol. The Bertz CT molecular complexity index is 981. The standard InChI is InChI=1S/C18H16ClFN4O/c1-11-2-5-14-16(6-7-18(25)22-21)23-24(17(14)8-11)10-12-3-4-13(19)9-15(12)20/h2-9H,10,21H2,1H3,(H,22,25). The van der Waals surface area contributed by atoms with Crippen molar-refractivity contribution in [3.8, 4) is 0 Å². The molecule has 0 fully saturated rings. The zero-order chi connectivity index (χ0) is 18.0. The Morgan fingerprint density at radius 2 is 2.16 bits per heavy atom. The lowest BCUT2D eigenvalue weighted by molar-refractivity contribution is -0.116. The molecule has 1 aromatic heterocycles. The van der Waals surface area contributed by atoms with E-state index >= 15 is 0 Å². The van der Waals surface area contributed by atoms with Crippen molar-refractivity contribution in [1.82, 2.24) is 15.2 Å². The van der Waals surface area contributed by atoms with Gasteiger partial charge in [0, 0.05) is 22.0 Å². The molecule has 0 atom stereocenters. The summed E-state index contributed by atoms with van der Waals surface area (Å²) < 4.78 is 15.8. The molecule has 0 radical (unpaired) electrons. The van der Waals surface area contributed by atoms with Crippen molar-refractivity contribution in [2.24, 2.45) is 5.84 Å². The molecule has 0 spiro atoms. The summed E-state index contributed by atoms with van der Waals surface area (Å²) in [7, 11) is 0. The fourth-order valence-corrected chi connectivity index (χ4v) is 2.73. The summed E-state index contributed by atoms with van der Waals surface area (Å²) in [4.78, 5) is 11.3. The summed E-state index contributed by atoms with van der Waals surface area (Å²) in [5.74, 6) is 4.26. The normalized spacial score (nSPS) is 11.4. The Balaban J connectivity index is 2.06. The first-order valence-corrected chi connectivity index (χ1v) is 7.95. The predicted molar refractivity (Wildman–Crippen MR) is 96.3 cm³/mol. The van der Waals surface area contributed by atoms with Crippen LogP contribution >= 0.6 is 11.6 Å². The van der Waals surface area contributed by atoms with Gasteiger partial charge in [-0.3, -0.25) is 14.9 Å². The number of nitrogens with zero attached hydrogens (tertiary/aromatic N) is 2. The highest BCUT2D eigenvalue weighted by Gasteiger charge is 2.12. The first-order chi connectivity index (χ1) is 12.0. The molecule has 0 saturated heterocycles. The van der Waals surface area contributed by atoms with E-state index in [9.17, 15) is 9.18 Å². The Labute approximate surface area is 148 Å². The fraction of sp³-hybridized carbons (Fsp3) is 0.111. The van der Waals surface area contributed by atoms with E-state index in [0.29, 0.717) is 16.3 Å². The van der Waals surface area contributed by atoms with Gasteiger partial charge in [0.25, 0.3) is 5.91 Å². The molecule has 0 bridgehead atoms. The second-order valence-corrected chi connectivity index (χ2v) is 6.08. The molecule has 0 aliphatic heterocycles. The van der Waals surface area contributed by atoms with Crippen LogP contribution in [0.4, 0.5) is 4.39 Å². The summed E-state index contributed by atoms with van der Waals surface area (Å²) in [6.07, 6.45) is 2.88. The maximum Gasteiger partial charge on any atom is 0.257 e. The van der Waals surface area contributed by atoms with Crippen molar-refractivity contribution in [3.63, 3.8) is 0 Å². The predicted octanol–water partition coefficient (Wildman–Crippen LogP) is 3.19. The highest BCUT2D eigenvalue weighted by Crippen LogP contribution is 2.23. The molecule has 128 valence electrons. The van der Waals surface area contributed by atoms with Crippen molar-refractivity contribution < 1.29 is 9.18 Å². The van der Waals surface area contributed by atoms with Crippen LogP contribution in [-0.4, -0.2) is 15.7 Å². The lowest BCUT2D eigenvalue weighted by atomic mass is 10.1. The second-order valence-electron chi connectivity index (χ2n) is 5.64. The van der Waals surface area contributed by atoms with Crippen LogP contribution < -0.4 is 11.3 Å². The summed E-state index contributed by atoms with van der Waals surface area (Å²) in [5, 5.41) is 5.71. The van der Waals surface area contributed by atoms with E-state index in [1.807, 2.05) is 30.5 Å². The number of aryl methyl sites for hydroxylation is 1. The minimum Gasteiger partial charge on any atom is -0.291 e. The minimum absolute atomic E-state index is 0.250. The Hall–Kier alpha value is -2.70. The molecule has 0 aliphatic carbocycles. The third-order valence-electron chi connectivity index (χ3n) is 3.81. The van der Waals surface area contributed by atoms with E-state index in [2.05, 4.69) is 5.10 Å². The fourth-order valence-electron chi connectivity index (χ4n) is 2.57. The molecule has 25 heavy (non-hydrogen) atoms. The van der Waals surface area contributed by atoms with Crippen molar-refractivity contribution in [2.45, 2.75) is 13.5 Å². The van der Waals surface area contributed by atoms with Crippen molar-refractivity contribution in [1.29, 1.82) is 0 Å². The second kappa shape index (κ2) is 7.04. The number of aromatic nitrogens is 2. The molecule has 0 unspecified atom stereocenters. The molecule has 3 aromatic rings. The number of fused-ring (bicyclic) bond motifs is 1. The van der Waals surface area contributed by atoms with Crippen molar-refractivity contribution in [3.05, 3.63) is 70.1 Å². The first kappa shape index (κ1) is 17.1. The number of halogens is 2. The lowest BCUT2D eigenvalue weighted by Gasteiger charge is -2.06. The van der Waals surface area contributed by atoms with Crippen LogP contribution in [-0.2, 0) is 11.3 Å². The van der Waals surface area contributed by atoms with E-state index in [1.165, 1.54) is 12.1 Å². The van der Waals surface area contributed by atoms with Gasteiger partial charge in [-0.25, -0.2) is 10.2 Å². The van der Waals surface area contributed by atoms with E-state index in [0.717, 1.165) is 16.5 Å². The number of amides is 1. The molecule has 0 saturated carbocycles. The van der Waals surface area contributed by atoms with Gasteiger partial charge in [0.2, 0.25) is 0 Å². The molecule has 7 heteroatoms.